The van der Waals surface area contributed by atoms with Crippen molar-refractivity contribution in [2.75, 3.05) is 19.8 Å². The largest absolute Gasteiger partial charge is 0.450 e. The lowest BCUT2D eigenvalue weighted by Crippen LogP contribution is -2.45. The maximum Gasteiger partial charge on any atom is 0.407 e. The third kappa shape index (κ3) is 5.83. The topological polar surface area (TPSA) is 78.9 Å². The minimum atomic E-state index is -0.578. The number of aldehydes is 1. The van der Waals surface area contributed by atoms with Gasteiger partial charge in [-0.05, 0) is 30.4 Å². The highest BCUT2D eigenvalue weighted by atomic mass is 16.5. The standard InChI is InChI=1S/C19H28N2O4/c1-2-3-10-25-19(24)20-17(13-22)8-9-21-12-16-7-5-4-6-15(16)11-18(21)14-23/h4-7,13,17-18,23H,2-3,8-12,14H2,1H3,(H,20,24)/t17-,18+/m1/s1. The Balaban J connectivity index is 1.85. The Labute approximate surface area is 149 Å². The number of unbranched alkanes of at least 4 members (excludes halogenated alkanes) is 1. The van der Waals surface area contributed by atoms with Crippen LogP contribution in [0.1, 0.15) is 37.3 Å². The zero-order valence-electron chi connectivity index (χ0n) is 14.8. The Morgan fingerprint density at radius 2 is 2.20 bits per heavy atom. The molecule has 6 nitrogen and oxygen atoms in total. The summed E-state index contributed by atoms with van der Waals surface area (Å²) in [7, 11) is 0. The smallest absolute Gasteiger partial charge is 0.407 e. The van der Waals surface area contributed by atoms with Crippen molar-refractivity contribution < 1.29 is 19.4 Å². The molecular weight excluding hydrogens is 320 g/mol. The first kappa shape index (κ1) is 19.4. The van der Waals surface area contributed by atoms with E-state index >= 15 is 0 Å². The zero-order chi connectivity index (χ0) is 18.1. The molecule has 0 saturated carbocycles. The number of aliphatic hydroxyl groups excluding tert-OH is 1. The van der Waals surface area contributed by atoms with Crippen molar-refractivity contribution >= 4 is 12.4 Å². The van der Waals surface area contributed by atoms with Crippen molar-refractivity contribution in [3.8, 4) is 0 Å². The minimum Gasteiger partial charge on any atom is -0.450 e. The van der Waals surface area contributed by atoms with E-state index in [9.17, 15) is 14.7 Å². The molecule has 0 radical (unpaired) electrons. The summed E-state index contributed by atoms with van der Waals surface area (Å²) in [5.41, 5.74) is 2.52. The number of aliphatic hydroxyl groups is 1. The number of benzene rings is 1. The van der Waals surface area contributed by atoms with Crippen LogP contribution < -0.4 is 5.32 Å². The Hall–Kier alpha value is -1.92. The Kier molecular flexibility index (Phi) is 7.88. The highest BCUT2D eigenvalue weighted by Gasteiger charge is 2.26. The maximum atomic E-state index is 11.7. The lowest BCUT2D eigenvalue weighted by Gasteiger charge is -2.36. The van der Waals surface area contributed by atoms with Gasteiger partial charge in [-0.3, -0.25) is 4.90 Å². The summed E-state index contributed by atoms with van der Waals surface area (Å²) < 4.78 is 5.03. The molecule has 138 valence electrons. The fourth-order valence-corrected chi connectivity index (χ4v) is 3.06. The van der Waals surface area contributed by atoms with Gasteiger partial charge in [0.15, 0.2) is 0 Å². The Morgan fingerprint density at radius 1 is 1.44 bits per heavy atom. The zero-order valence-corrected chi connectivity index (χ0v) is 14.8. The minimum absolute atomic E-state index is 0.0405. The molecule has 0 aromatic heterocycles. The van der Waals surface area contributed by atoms with Gasteiger partial charge in [0, 0.05) is 19.1 Å². The van der Waals surface area contributed by atoms with Crippen molar-refractivity contribution in [1.82, 2.24) is 10.2 Å². The molecule has 1 aromatic carbocycles. The molecule has 2 atom stereocenters. The summed E-state index contributed by atoms with van der Waals surface area (Å²) in [6.45, 7) is 3.83. The third-order valence-corrected chi connectivity index (χ3v) is 4.60. The number of amides is 1. The second-order valence-electron chi connectivity index (χ2n) is 6.44. The molecule has 1 aromatic rings. The normalized spacial score (nSPS) is 18.2. The van der Waals surface area contributed by atoms with Crippen LogP contribution in [0.4, 0.5) is 4.79 Å². The Morgan fingerprint density at radius 3 is 2.88 bits per heavy atom. The molecule has 0 unspecified atom stereocenters. The van der Waals surface area contributed by atoms with Gasteiger partial charge in [-0.1, -0.05) is 37.6 Å². The van der Waals surface area contributed by atoms with Crippen LogP contribution in [0.5, 0.6) is 0 Å². The van der Waals surface area contributed by atoms with Gasteiger partial charge in [-0.15, -0.1) is 0 Å². The highest BCUT2D eigenvalue weighted by Crippen LogP contribution is 2.23. The predicted molar refractivity (Wildman–Crippen MR) is 95.3 cm³/mol. The fourth-order valence-electron chi connectivity index (χ4n) is 3.06. The van der Waals surface area contributed by atoms with Gasteiger partial charge in [0.1, 0.15) is 6.29 Å². The lowest BCUT2D eigenvalue weighted by molar-refractivity contribution is -0.109. The molecule has 1 heterocycles. The number of fused-ring (bicyclic) bond motifs is 1. The summed E-state index contributed by atoms with van der Waals surface area (Å²) in [5.74, 6) is 0. The van der Waals surface area contributed by atoms with Crippen LogP contribution in [0, 0.1) is 0 Å². The van der Waals surface area contributed by atoms with Gasteiger partial charge >= 0.3 is 6.09 Å². The number of ether oxygens (including phenoxy) is 1. The molecule has 6 heteroatoms. The lowest BCUT2D eigenvalue weighted by atomic mass is 9.94. The van der Waals surface area contributed by atoms with Gasteiger partial charge in [0.25, 0.3) is 0 Å². The van der Waals surface area contributed by atoms with Crippen LogP contribution in [0.2, 0.25) is 0 Å². The molecule has 0 bridgehead atoms. The maximum absolute atomic E-state index is 11.7. The molecule has 0 saturated heterocycles. The SMILES string of the molecule is CCCCOC(=O)N[C@@H](C=O)CCN1Cc2ccccc2C[C@H]1CO. The molecule has 0 aliphatic carbocycles. The highest BCUT2D eigenvalue weighted by molar-refractivity contribution is 5.73. The molecule has 1 aliphatic heterocycles. The molecule has 2 rings (SSSR count). The first-order chi connectivity index (χ1) is 12.2. The molecule has 0 spiro atoms. The van der Waals surface area contributed by atoms with E-state index in [0.717, 1.165) is 32.1 Å². The molecule has 2 N–H and O–H groups in total. The summed E-state index contributed by atoms with van der Waals surface area (Å²) in [6, 6.07) is 7.68. The van der Waals surface area contributed by atoms with Gasteiger partial charge in [-0.25, -0.2) is 4.79 Å². The summed E-state index contributed by atoms with van der Waals surface area (Å²) >= 11 is 0. The molecule has 1 amide bonds. The van der Waals surface area contributed by atoms with Crippen molar-refractivity contribution in [1.29, 1.82) is 0 Å². The first-order valence-electron chi connectivity index (χ1n) is 8.98. The quantitative estimate of drug-likeness (QED) is 0.526. The van der Waals surface area contributed by atoms with Crippen LogP contribution in [0.3, 0.4) is 0 Å². The van der Waals surface area contributed by atoms with Gasteiger partial charge in [-0.2, -0.15) is 0 Å². The number of nitrogens with one attached hydrogen (secondary N) is 1. The van der Waals surface area contributed by atoms with Crippen LogP contribution in [0.25, 0.3) is 0 Å². The van der Waals surface area contributed by atoms with Crippen molar-refractivity contribution in [2.45, 2.75) is 51.2 Å². The molecular formula is C19H28N2O4. The van der Waals surface area contributed by atoms with Crippen LogP contribution in [-0.2, 0) is 22.5 Å². The summed E-state index contributed by atoms with van der Waals surface area (Å²) in [4.78, 5) is 25.1. The van der Waals surface area contributed by atoms with E-state index < -0.39 is 12.1 Å². The van der Waals surface area contributed by atoms with Crippen LogP contribution in [-0.4, -0.2) is 54.2 Å². The van der Waals surface area contributed by atoms with E-state index in [4.69, 9.17) is 4.74 Å². The monoisotopic (exact) mass is 348 g/mol. The number of nitrogens with zero attached hydrogens (tertiary/aromatic N) is 1. The average Bonchev–Trinajstić information content (AvgIpc) is 2.64. The third-order valence-electron chi connectivity index (χ3n) is 4.60. The average molecular weight is 348 g/mol. The van der Waals surface area contributed by atoms with E-state index in [0.29, 0.717) is 19.6 Å². The van der Waals surface area contributed by atoms with E-state index in [1.54, 1.807) is 0 Å². The summed E-state index contributed by atoms with van der Waals surface area (Å²) in [5, 5.41) is 12.3. The van der Waals surface area contributed by atoms with Crippen LogP contribution >= 0.6 is 0 Å². The van der Waals surface area contributed by atoms with E-state index in [1.807, 2.05) is 19.1 Å². The second-order valence-corrected chi connectivity index (χ2v) is 6.44. The van der Waals surface area contributed by atoms with E-state index in [1.165, 1.54) is 11.1 Å². The summed E-state index contributed by atoms with van der Waals surface area (Å²) in [6.07, 6.45) is 3.24. The predicted octanol–water partition coefficient (Wildman–Crippen LogP) is 1.89. The van der Waals surface area contributed by atoms with E-state index in [-0.39, 0.29) is 12.6 Å². The number of carbonyl (C=O) groups excluding carboxylic acids is 2. The fraction of sp³-hybridized carbons (Fsp3) is 0.579. The second kappa shape index (κ2) is 10.2. The van der Waals surface area contributed by atoms with Gasteiger partial charge < -0.3 is 20.0 Å². The number of rotatable bonds is 9. The van der Waals surface area contributed by atoms with Gasteiger partial charge in [0.2, 0.25) is 0 Å². The van der Waals surface area contributed by atoms with Crippen molar-refractivity contribution in [3.63, 3.8) is 0 Å². The molecule has 0 fully saturated rings. The molecule has 1 aliphatic rings. The van der Waals surface area contributed by atoms with E-state index in [2.05, 4.69) is 22.3 Å². The number of hydrogen-bond donors (Lipinski definition) is 2. The number of hydrogen-bond acceptors (Lipinski definition) is 5. The first-order valence-corrected chi connectivity index (χ1v) is 8.98. The molecule has 25 heavy (non-hydrogen) atoms. The number of alkyl carbamates (subject to hydrolysis) is 1. The van der Waals surface area contributed by atoms with Gasteiger partial charge in [0.05, 0.1) is 19.3 Å². The van der Waals surface area contributed by atoms with Crippen molar-refractivity contribution in [2.24, 2.45) is 0 Å². The van der Waals surface area contributed by atoms with Crippen LogP contribution in [0.15, 0.2) is 24.3 Å². The Bertz CT molecular complexity index is 564. The van der Waals surface area contributed by atoms with Crippen molar-refractivity contribution in [3.05, 3.63) is 35.4 Å². The number of carbonyl (C=O) groups is 2.